The largest absolute Gasteiger partial charge is 0.389 e. The zero-order valence-electron chi connectivity index (χ0n) is 21.2. The maximum Gasteiger partial charge on any atom is 0.145 e. The Morgan fingerprint density at radius 1 is 1.13 bits per heavy atom. The van der Waals surface area contributed by atoms with E-state index in [1.807, 2.05) is 25.3 Å². The lowest BCUT2D eigenvalue weighted by atomic mass is 10.1. The number of halogens is 1. The summed E-state index contributed by atoms with van der Waals surface area (Å²) in [6, 6.07) is 10.1. The highest BCUT2D eigenvalue weighted by Crippen LogP contribution is 2.37. The standard InChI is InChI=1S/C19H11FN6S.C6H13N.C2H4O2/c1-11-16(9-23-25-11)13-5-18(19-14(7-22)8-24-26(19)10-13)27-17-3-2-15(20)4-12(17)6-21;1-7-5-3-2-4-6-7;3-1-2-4/h2-5,8-10H,1H3,(H,23,25);2-6H2,1H3;1,4H,2H2. The van der Waals surface area contributed by atoms with E-state index in [1.165, 1.54) is 62.4 Å². The number of carbonyl (C=O) groups is 1. The van der Waals surface area contributed by atoms with E-state index in [0.29, 0.717) is 22.3 Å². The minimum absolute atomic E-state index is 0.237. The van der Waals surface area contributed by atoms with Crippen molar-refractivity contribution < 1.29 is 14.3 Å². The molecule has 1 saturated heterocycles. The number of fused-ring (bicyclic) bond motifs is 1. The number of rotatable bonds is 4. The van der Waals surface area contributed by atoms with Gasteiger partial charge in [-0.2, -0.15) is 20.7 Å². The van der Waals surface area contributed by atoms with E-state index in [2.05, 4.69) is 33.3 Å². The average molecular weight is 534 g/mol. The van der Waals surface area contributed by atoms with Crippen molar-refractivity contribution in [2.75, 3.05) is 26.7 Å². The van der Waals surface area contributed by atoms with Crippen molar-refractivity contribution in [3.8, 4) is 23.3 Å². The predicted octanol–water partition coefficient (Wildman–Crippen LogP) is 4.35. The van der Waals surface area contributed by atoms with Crippen molar-refractivity contribution in [1.29, 1.82) is 10.5 Å². The molecule has 1 aromatic carbocycles. The highest BCUT2D eigenvalue weighted by Gasteiger charge is 2.16. The summed E-state index contributed by atoms with van der Waals surface area (Å²) in [6.45, 7) is 4.19. The second-order valence-electron chi connectivity index (χ2n) is 8.53. The topological polar surface area (TPSA) is 134 Å². The van der Waals surface area contributed by atoms with E-state index in [4.69, 9.17) is 9.90 Å². The molecule has 0 spiro atoms. The number of nitrogens with one attached hydrogen (secondary N) is 1. The van der Waals surface area contributed by atoms with Gasteiger partial charge in [0.05, 0.1) is 35.6 Å². The minimum Gasteiger partial charge on any atom is -0.389 e. The molecule has 196 valence electrons. The fourth-order valence-electron chi connectivity index (χ4n) is 3.88. The number of aromatic nitrogens is 4. The Hall–Kier alpha value is -4.03. The number of likely N-dealkylation sites (tertiary alicyclic amines) is 1. The Balaban J connectivity index is 0.000000304. The molecule has 4 aromatic rings. The molecule has 9 nitrogen and oxygen atoms in total. The molecule has 0 amide bonds. The van der Waals surface area contributed by atoms with E-state index >= 15 is 0 Å². The van der Waals surface area contributed by atoms with E-state index in [0.717, 1.165) is 21.7 Å². The first-order chi connectivity index (χ1) is 18.4. The number of aldehydes is 1. The van der Waals surface area contributed by atoms with Gasteiger partial charge in [0, 0.05) is 32.8 Å². The fraction of sp³-hybridized carbons (Fsp3) is 0.296. The van der Waals surface area contributed by atoms with Gasteiger partial charge in [-0.05, 0) is 64.2 Å². The first-order valence-electron chi connectivity index (χ1n) is 11.9. The highest BCUT2D eigenvalue weighted by molar-refractivity contribution is 7.99. The van der Waals surface area contributed by atoms with Gasteiger partial charge in [-0.15, -0.1) is 0 Å². The van der Waals surface area contributed by atoms with Crippen LogP contribution in [0.3, 0.4) is 0 Å². The SMILES string of the molecule is CN1CCCCC1.Cc1[nH]ncc1-c1cc(Sc2ccc(F)cc2C#N)c2c(C#N)cnn2c1.O=CCO. The van der Waals surface area contributed by atoms with Crippen molar-refractivity contribution in [2.45, 2.75) is 36.0 Å². The van der Waals surface area contributed by atoms with Gasteiger partial charge in [0.25, 0.3) is 0 Å². The maximum absolute atomic E-state index is 13.5. The molecule has 1 aliphatic rings. The van der Waals surface area contributed by atoms with Crippen LogP contribution in [-0.4, -0.2) is 62.8 Å². The summed E-state index contributed by atoms with van der Waals surface area (Å²) in [7, 11) is 2.19. The molecule has 1 fully saturated rings. The van der Waals surface area contributed by atoms with Gasteiger partial charge in [0.15, 0.2) is 0 Å². The number of nitrogens with zero attached hydrogens (tertiary/aromatic N) is 6. The number of aliphatic hydroxyl groups excluding tert-OH is 1. The van der Waals surface area contributed by atoms with Crippen LogP contribution in [0.5, 0.6) is 0 Å². The molecule has 2 N–H and O–H groups in total. The molecule has 5 rings (SSSR count). The highest BCUT2D eigenvalue weighted by atomic mass is 32.2. The Kier molecular flexibility index (Phi) is 10.6. The molecule has 4 heterocycles. The third kappa shape index (κ3) is 7.26. The van der Waals surface area contributed by atoms with Crippen molar-refractivity contribution >= 4 is 23.6 Å². The number of carbonyl (C=O) groups excluding carboxylic acids is 1. The molecule has 0 aliphatic carbocycles. The molecule has 38 heavy (non-hydrogen) atoms. The van der Waals surface area contributed by atoms with Gasteiger partial charge in [0.2, 0.25) is 0 Å². The van der Waals surface area contributed by atoms with Crippen LogP contribution in [-0.2, 0) is 4.79 Å². The Morgan fingerprint density at radius 2 is 1.84 bits per heavy atom. The predicted molar refractivity (Wildman–Crippen MR) is 142 cm³/mol. The van der Waals surface area contributed by atoms with Crippen molar-refractivity contribution in [3.63, 3.8) is 0 Å². The molecule has 0 radical (unpaired) electrons. The molecule has 1 aliphatic heterocycles. The van der Waals surface area contributed by atoms with Gasteiger partial charge < -0.3 is 14.8 Å². The van der Waals surface area contributed by atoms with Crippen molar-refractivity contribution in [1.82, 2.24) is 24.7 Å². The Labute approximate surface area is 224 Å². The summed E-state index contributed by atoms with van der Waals surface area (Å²) in [4.78, 5) is 12.7. The summed E-state index contributed by atoms with van der Waals surface area (Å²) < 4.78 is 15.1. The third-order valence-electron chi connectivity index (χ3n) is 5.77. The first kappa shape index (κ1) is 28.5. The lowest BCUT2D eigenvalue weighted by Crippen LogP contribution is -2.24. The van der Waals surface area contributed by atoms with Gasteiger partial charge in [-0.1, -0.05) is 18.2 Å². The zero-order valence-corrected chi connectivity index (χ0v) is 22.0. The molecular weight excluding hydrogens is 505 g/mol. The third-order valence-corrected chi connectivity index (χ3v) is 6.88. The fourth-order valence-corrected chi connectivity index (χ4v) is 4.96. The van der Waals surface area contributed by atoms with Crippen molar-refractivity contribution in [3.05, 3.63) is 65.5 Å². The van der Waals surface area contributed by atoms with Crippen LogP contribution in [0, 0.1) is 35.4 Å². The second kappa shape index (κ2) is 14.1. The number of pyridine rings is 1. The van der Waals surface area contributed by atoms with Crippen LogP contribution < -0.4 is 0 Å². The lowest BCUT2D eigenvalue weighted by molar-refractivity contribution is -0.110. The monoisotopic (exact) mass is 533 g/mol. The normalized spacial score (nSPS) is 12.9. The van der Waals surface area contributed by atoms with E-state index in [-0.39, 0.29) is 12.2 Å². The number of nitriles is 2. The van der Waals surface area contributed by atoms with Gasteiger partial charge in [-0.25, -0.2) is 8.91 Å². The van der Waals surface area contributed by atoms with E-state index in [9.17, 15) is 14.9 Å². The first-order valence-corrected chi connectivity index (χ1v) is 12.8. The van der Waals surface area contributed by atoms with Crippen LogP contribution >= 0.6 is 11.8 Å². The number of benzene rings is 1. The second-order valence-corrected chi connectivity index (χ2v) is 9.62. The quantitative estimate of drug-likeness (QED) is 0.370. The number of aromatic amines is 1. The Bertz CT molecular complexity index is 1460. The smallest absolute Gasteiger partial charge is 0.145 e. The van der Waals surface area contributed by atoms with Crippen LogP contribution in [0.4, 0.5) is 4.39 Å². The van der Waals surface area contributed by atoms with E-state index in [1.54, 1.807) is 16.8 Å². The summed E-state index contributed by atoms with van der Waals surface area (Å²) >= 11 is 1.30. The van der Waals surface area contributed by atoms with Gasteiger partial charge in [0.1, 0.15) is 24.2 Å². The van der Waals surface area contributed by atoms with E-state index < -0.39 is 5.82 Å². The lowest BCUT2D eigenvalue weighted by Gasteiger charge is -2.20. The number of hydrogen-bond donors (Lipinski definition) is 2. The van der Waals surface area contributed by atoms with Crippen LogP contribution in [0.15, 0.2) is 52.6 Å². The molecule has 0 saturated carbocycles. The molecule has 11 heteroatoms. The number of hydrogen-bond acceptors (Lipinski definition) is 8. The average Bonchev–Trinajstić information content (AvgIpc) is 3.56. The summed E-state index contributed by atoms with van der Waals surface area (Å²) in [5.41, 5.74) is 3.98. The molecular formula is C27H28FN7O2S. The van der Waals surface area contributed by atoms with Gasteiger partial charge in [-0.3, -0.25) is 5.10 Å². The van der Waals surface area contributed by atoms with Crippen LogP contribution in [0.1, 0.15) is 36.1 Å². The van der Waals surface area contributed by atoms with Crippen molar-refractivity contribution in [2.24, 2.45) is 0 Å². The summed E-state index contributed by atoms with van der Waals surface area (Å²) in [6.07, 6.45) is 9.75. The number of H-pyrrole nitrogens is 1. The zero-order chi connectivity index (χ0) is 27.5. The Morgan fingerprint density at radius 3 is 2.39 bits per heavy atom. The number of piperidine rings is 1. The number of aryl methyl sites for hydroxylation is 1. The van der Waals surface area contributed by atoms with Crippen LogP contribution in [0.25, 0.3) is 16.6 Å². The van der Waals surface area contributed by atoms with Crippen LogP contribution in [0.2, 0.25) is 0 Å². The molecule has 0 atom stereocenters. The molecule has 0 unspecified atom stereocenters. The molecule has 0 bridgehead atoms. The summed E-state index contributed by atoms with van der Waals surface area (Å²) in [5, 5.41) is 37.5. The maximum atomic E-state index is 13.5. The minimum atomic E-state index is -0.467. The van der Waals surface area contributed by atoms with Gasteiger partial charge >= 0.3 is 0 Å². The summed E-state index contributed by atoms with van der Waals surface area (Å²) in [5.74, 6) is -0.467. The number of aliphatic hydroxyl groups is 1. The molecule has 3 aromatic heterocycles.